The van der Waals surface area contributed by atoms with Crippen LogP contribution in [-0.2, 0) is 4.79 Å². The topological polar surface area (TPSA) is 40.5 Å². The fourth-order valence-electron chi connectivity index (χ4n) is 2.18. The van der Waals surface area contributed by atoms with Gasteiger partial charge in [0.15, 0.2) is 0 Å². The zero-order chi connectivity index (χ0) is 10.6. The van der Waals surface area contributed by atoms with Gasteiger partial charge < -0.3 is 5.11 Å². The van der Waals surface area contributed by atoms with Crippen molar-refractivity contribution < 1.29 is 9.90 Å². The number of hydrogen-bond donors (Lipinski definition) is 1. The third kappa shape index (κ3) is 2.71. The van der Waals surface area contributed by atoms with Gasteiger partial charge in [0.2, 0.25) is 0 Å². The van der Waals surface area contributed by atoms with E-state index in [0.717, 1.165) is 32.4 Å². The monoisotopic (exact) mass is 199 g/mol. The van der Waals surface area contributed by atoms with Crippen molar-refractivity contribution in [3.05, 3.63) is 0 Å². The van der Waals surface area contributed by atoms with E-state index in [4.69, 9.17) is 0 Å². The van der Waals surface area contributed by atoms with Crippen molar-refractivity contribution in [1.82, 2.24) is 4.90 Å². The molecule has 14 heavy (non-hydrogen) atoms. The molecule has 0 bridgehead atoms. The van der Waals surface area contributed by atoms with Gasteiger partial charge in [0, 0.05) is 0 Å². The minimum Gasteiger partial charge on any atom is -0.480 e. The van der Waals surface area contributed by atoms with E-state index >= 15 is 0 Å². The van der Waals surface area contributed by atoms with E-state index in [1.807, 2.05) is 6.92 Å². The molecule has 0 aliphatic carbocycles. The van der Waals surface area contributed by atoms with Gasteiger partial charge in [-0.05, 0) is 31.8 Å². The molecule has 1 aliphatic rings. The van der Waals surface area contributed by atoms with E-state index in [0.29, 0.717) is 0 Å². The van der Waals surface area contributed by atoms with Crippen LogP contribution in [-0.4, -0.2) is 35.1 Å². The summed E-state index contributed by atoms with van der Waals surface area (Å²) in [6, 6.07) is -0.264. The molecule has 82 valence electrons. The lowest BCUT2D eigenvalue weighted by atomic mass is 9.95. The molecule has 3 nitrogen and oxygen atoms in total. The molecular weight excluding hydrogens is 178 g/mol. The number of hydrogen-bond acceptors (Lipinski definition) is 2. The van der Waals surface area contributed by atoms with Crippen molar-refractivity contribution in [1.29, 1.82) is 0 Å². The number of carboxylic acids is 1. The van der Waals surface area contributed by atoms with Gasteiger partial charge in [0.25, 0.3) is 0 Å². The molecule has 0 radical (unpaired) electrons. The second-order valence-electron chi connectivity index (χ2n) is 4.27. The van der Waals surface area contributed by atoms with E-state index < -0.39 is 5.97 Å². The summed E-state index contributed by atoms with van der Waals surface area (Å²) in [6.07, 6.45) is 4.50. The van der Waals surface area contributed by atoms with Gasteiger partial charge in [0.1, 0.15) is 6.04 Å². The normalized spacial score (nSPS) is 23.0. The largest absolute Gasteiger partial charge is 0.480 e. The third-order valence-electron chi connectivity index (χ3n) is 3.22. The minimum atomic E-state index is -0.652. The summed E-state index contributed by atoms with van der Waals surface area (Å²) in [7, 11) is 0. The summed E-state index contributed by atoms with van der Waals surface area (Å²) in [5, 5.41) is 9.19. The smallest absolute Gasteiger partial charge is 0.321 e. The summed E-state index contributed by atoms with van der Waals surface area (Å²) in [5.74, 6) is -0.396. The minimum absolute atomic E-state index is 0.255. The zero-order valence-electron chi connectivity index (χ0n) is 9.20. The molecule has 0 aromatic rings. The zero-order valence-corrected chi connectivity index (χ0v) is 9.20. The molecule has 2 unspecified atom stereocenters. The van der Waals surface area contributed by atoms with Crippen LogP contribution in [0.2, 0.25) is 0 Å². The highest BCUT2D eigenvalue weighted by Crippen LogP contribution is 2.19. The lowest BCUT2D eigenvalue weighted by molar-refractivity contribution is -0.145. The Morgan fingerprint density at radius 2 is 1.93 bits per heavy atom. The molecule has 0 spiro atoms. The van der Waals surface area contributed by atoms with Gasteiger partial charge in [-0.25, -0.2) is 0 Å². The summed E-state index contributed by atoms with van der Waals surface area (Å²) in [4.78, 5) is 13.3. The molecule has 0 aromatic carbocycles. The number of likely N-dealkylation sites (tertiary alicyclic amines) is 1. The number of nitrogens with zero attached hydrogens (tertiary/aromatic N) is 1. The van der Waals surface area contributed by atoms with Crippen molar-refractivity contribution >= 4 is 5.97 Å². The van der Waals surface area contributed by atoms with Gasteiger partial charge in [-0.2, -0.15) is 0 Å². The molecular formula is C11H21NO2. The molecule has 1 heterocycles. The summed E-state index contributed by atoms with van der Waals surface area (Å²) < 4.78 is 0. The maximum atomic E-state index is 11.2. The van der Waals surface area contributed by atoms with Crippen LogP contribution in [0, 0.1) is 5.92 Å². The second kappa shape index (κ2) is 5.35. The molecule has 1 rings (SSSR count). The fourth-order valence-corrected chi connectivity index (χ4v) is 2.18. The number of carboxylic acid groups (broad SMARTS) is 1. The first-order valence-corrected chi connectivity index (χ1v) is 5.63. The van der Waals surface area contributed by atoms with Crippen LogP contribution in [0.1, 0.15) is 39.5 Å². The molecule has 0 saturated carbocycles. The Morgan fingerprint density at radius 3 is 2.36 bits per heavy atom. The molecule has 0 amide bonds. The van der Waals surface area contributed by atoms with Crippen LogP contribution in [0.4, 0.5) is 0 Å². The Hall–Kier alpha value is -0.570. The number of carbonyl (C=O) groups is 1. The first-order chi connectivity index (χ1) is 6.66. The van der Waals surface area contributed by atoms with Crippen LogP contribution >= 0.6 is 0 Å². The summed E-state index contributed by atoms with van der Waals surface area (Å²) >= 11 is 0. The lowest BCUT2D eigenvalue weighted by Gasteiger charge is -2.34. The third-order valence-corrected chi connectivity index (χ3v) is 3.22. The van der Waals surface area contributed by atoms with E-state index in [9.17, 15) is 9.90 Å². The Labute approximate surface area is 86.1 Å². The Kier molecular flexibility index (Phi) is 4.39. The number of rotatable bonds is 4. The summed E-state index contributed by atoms with van der Waals surface area (Å²) in [6.45, 7) is 6.01. The SMILES string of the molecule is CCC(C)C(C(=O)O)N1CCCCC1. The first kappa shape index (κ1) is 11.5. The van der Waals surface area contributed by atoms with E-state index in [-0.39, 0.29) is 12.0 Å². The molecule has 3 heteroatoms. The van der Waals surface area contributed by atoms with E-state index in [2.05, 4.69) is 11.8 Å². The van der Waals surface area contributed by atoms with Crippen molar-refractivity contribution in [3.8, 4) is 0 Å². The summed E-state index contributed by atoms with van der Waals surface area (Å²) in [5.41, 5.74) is 0. The molecule has 1 saturated heterocycles. The van der Waals surface area contributed by atoms with Crippen LogP contribution < -0.4 is 0 Å². The van der Waals surface area contributed by atoms with Crippen LogP contribution in [0.3, 0.4) is 0 Å². The average Bonchev–Trinajstić information content (AvgIpc) is 2.19. The maximum Gasteiger partial charge on any atom is 0.321 e. The average molecular weight is 199 g/mol. The molecule has 1 N–H and O–H groups in total. The van der Waals surface area contributed by atoms with Crippen molar-refractivity contribution in [2.24, 2.45) is 5.92 Å². The van der Waals surface area contributed by atoms with Crippen molar-refractivity contribution in [2.45, 2.75) is 45.6 Å². The first-order valence-electron chi connectivity index (χ1n) is 5.63. The molecule has 1 aliphatic heterocycles. The predicted octanol–water partition coefficient (Wildman–Crippen LogP) is 1.97. The van der Waals surface area contributed by atoms with Gasteiger partial charge in [0.05, 0.1) is 0 Å². The predicted molar refractivity (Wildman–Crippen MR) is 56.3 cm³/mol. The Balaban J connectivity index is 2.60. The highest BCUT2D eigenvalue weighted by Gasteiger charge is 2.30. The Morgan fingerprint density at radius 1 is 1.36 bits per heavy atom. The van der Waals surface area contributed by atoms with E-state index in [1.165, 1.54) is 6.42 Å². The number of aliphatic carboxylic acids is 1. The standard InChI is InChI=1S/C11H21NO2/c1-3-9(2)10(11(13)14)12-7-5-4-6-8-12/h9-10H,3-8H2,1-2H3,(H,13,14). The quantitative estimate of drug-likeness (QED) is 0.752. The van der Waals surface area contributed by atoms with E-state index in [1.54, 1.807) is 0 Å². The van der Waals surface area contributed by atoms with Crippen LogP contribution in [0.15, 0.2) is 0 Å². The molecule has 0 aromatic heterocycles. The lowest BCUT2D eigenvalue weighted by Crippen LogP contribution is -2.47. The molecule has 2 atom stereocenters. The van der Waals surface area contributed by atoms with Crippen LogP contribution in [0.25, 0.3) is 0 Å². The van der Waals surface area contributed by atoms with Gasteiger partial charge in [-0.1, -0.05) is 26.7 Å². The van der Waals surface area contributed by atoms with Gasteiger partial charge >= 0.3 is 5.97 Å². The van der Waals surface area contributed by atoms with Gasteiger partial charge in [-0.3, -0.25) is 9.69 Å². The molecule has 1 fully saturated rings. The number of piperidine rings is 1. The van der Waals surface area contributed by atoms with Crippen LogP contribution in [0.5, 0.6) is 0 Å². The Bertz CT molecular complexity index is 188. The highest BCUT2D eigenvalue weighted by molar-refractivity contribution is 5.73. The maximum absolute atomic E-state index is 11.2. The second-order valence-corrected chi connectivity index (χ2v) is 4.27. The van der Waals surface area contributed by atoms with Crippen molar-refractivity contribution in [2.75, 3.05) is 13.1 Å². The van der Waals surface area contributed by atoms with Crippen molar-refractivity contribution in [3.63, 3.8) is 0 Å². The van der Waals surface area contributed by atoms with Gasteiger partial charge in [-0.15, -0.1) is 0 Å². The fraction of sp³-hybridized carbons (Fsp3) is 0.909. The highest BCUT2D eigenvalue weighted by atomic mass is 16.4.